The zero-order valence-electron chi connectivity index (χ0n) is 15.3. The predicted octanol–water partition coefficient (Wildman–Crippen LogP) is 3.73. The van der Waals surface area contributed by atoms with E-state index in [0.717, 1.165) is 0 Å². The second-order valence-electron chi connectivity index (χ2n) is 7.37. The van der Waals surface area contributed by atoms with Crippen LogP contribution in [0, 0.1) is 11.8 Å². The standard InChI is InChI=1S/C19H20Cl2N2O5/c1-9(2)14-7-19(14,18(26)27)23-15(17(24)25)6-13-8-28-16(22-13)10-3-11(20)5-12(21)4-10/h3-5,8-9,14-15,23H,6-7H2,1-2H3,(H,24,25)(H,26,27)/t14-,15-,19?/m0/s1. The zero-order chi connectivity index (χ0) is 20.6. The van der Waals surface area contributed by atoms with Gasteiger partial charge in [-0.25, -0.2) is 4.98 Å². The number of rotatable bonds is 8. The van der Waals surface area contributed by atoms with E-state index in [1.807, 2.05) is 13.8 Å². The highest BCUT2D eigenvalue weighted by molar-refractivity contribution is 6.35. The number of aromatic nitrogens is 1. The molecule has 1 aliphatic carbocycles. The summed E-state index contributed by atoms with van der Waals surface area (Å²) in [6, 6.07) is 3.73. The monoisotopic (exact) mass is 426 g/mol. The molecular weight excluding hydrogens is 407 g/mol. The third kappa shape index (κ3) is 4.16. The minimum Gasteiger partial charge on any atom is -0.480 e. The van der Waals surface area contributed by atoms with E-state index in [2.05, 4.69) is 10.3 Å². The van der Waals surface area contributed by atoms with E-state index in [1.54, 1.807) is 18.2 Å². The maximum absolute atomic E-state index is 11.7. The summed E-state index contributed by atoms with van der Waals surface area (Å²) in [4.78, 5) is 27.8. The van der Waals surface area contributed by atoms with Crippen LogP contribution in [0.15, 0.2) is 28.9 Å². The first-order valence-corrected chi connectivity index (χ1v) is 9.52. The molecule has 1 unspecified atom stereocenters. The van der Waals surface area contributed by atoms with E-state index in [1.165, 1.54) is 6.26 Å². The number of nitrogens with one attached hydrogen (secondary N) is 1. The topological polar surface area (TPSA) is 113 Å². The van der Waals surface area contributed by atoms with Gasteiger partial charge in [0.15, 0.2) is 0 Å². The molecule has 3 rings (SSSR count). The van der Waals surface area contributed by atoms with Crippen LogP contribution in [0.5, 0.6) is 0 Å². The summed E-state index contributed by atoms with van der Waals surface area (Å²) in [5, 5.41) is 22.9. The molecule has 1 aliphatic rings. The summed E-state index contributed by atoms with van der Waals surface area (Å²) in [6.07, 6.45) is 1.73. The van der Waals surface area contributed by atoms with Gasteiger partial charge in [-0.1, -0.05) is 37.0 Å². The summed E-state index contributed by atoms with van der Waals surface area (Å²) >= 11 is 12.0. The summed E-state index contributed by atoms with van der Waals surface area (Å²) in [5.41, 5.74) is -0.273. The van der Waals surface area contributed by atoms with Crippen molar-refractivity contribution < 1.29 is 24.2 Å². The molecular formula is C19H20Cl2N2O5. The van der Waals surface area contributed by atoms with Crippen molar-refractivity contribution in [1.29, 1.82) is 0 Å². The molecule has 1 fully saturated rings. The third-order valence-corrected chi connectivity index (χ3v) is 5.44. The molecule has 1 aromatic heterocycles. The Morgan fingerprint density at radius 1 is 1.29 bits per heavy atom. The highest BCUT2D eigenvalue weighted by atomic mass is 35.5. The predicted molar refractivity (Wildman–Crippen MR) is 104 cm³/mol. The van der Waals surface area contributed by atoms with Crippen LogP contribution in [-0.2, 0) is 16.0 Å². The van der Waals surface area contributed by atoms with Gasteiger partial charge >= 0.3 is 11.9 Å². The fourth-order valence-electron chi connectivity index (χ4n) is 3.50. The van der Waals surface area contributed by atoms with E-state index in [9.17, 15) is 19.8 Å². The molecule has 2 aromatic rings. The molecule has 1 saturated carbocycles. The van der Waals surface area contributed by atoms with Gasteiger partial charge in [-0.3, -0.25) is 14.9 Å². The van der Waals surface area contributed by atoms with Crippen LogP contribution in [0.1, 0.15) is 26.0 Å². The normalized spacial score (nSPS) is 22.2. The van der Waals surface area contributed by atoms with Crippen molar-refractivity contribution in [3.63, 3.8) is 0 Å². The minimum atomic E-state index is -1.22. The molecule has 0 amide bonds. The maximum Gasteiger partial charge on any atom is 0.324 e. The van der Waals surface area contributed by atoms with Crippen molar-refractivity contribution in [3.8, 4) is 11.5 Å². The van der Waals surface area contributed by atoms with Crippen LogP contribution in [0.4, 0.5) is 0 Å². The molecule has 0 saturated heterocycles. The van der Waals surface area contributed by atoms with E-state index in [-0.39, 0.29) is 24.1 Å². The minimum absolute atomic E-state index is 0.0209. The number of carboxylic acid groups (broad SMARTS) is 2. The lowest BCUT2D eigenvalue weighted by molar-refractivity contribution is -0.144. The van der Waals surface area contributed by atoms with Gasteiger partial charge in [-0.2, -0.15) is 0 Å². The third-order valence-electron chi connectivity index (χ3n) is 5.01. The van der Waals surface area contributed by atoms with E-state index >= 15 is 0 Å². The number of oxazole rings is 1. The Kier molecular flexibility index (Phi) is 5.70. The summed E-state index contributed by atoms with van der Waals surface area (Å²) in [5.74, 6) is -1.92. The van der Waals surface area contributed by atoms with Gasteiger partial charge in [0.2, 0.25) is 5.89 Å². The highest BCUT2D eigenvalue weighted by Gasteiger charge is 2.62. The number of halogens is 2. The Hall–Kier alpha value is -2.09. The van der Waals surface area contributed by atoms with Crippen molar-refractivity contribution in [1.82, 2.24) is 10.3 Å². The number of benzene rings is 1. The van der Waals surface area contributed by atoms with Crippen molar-refractivity contribution >= 4 is 35.1 Å². The molecule has 9 heteroatoms. The number of aliphatic carboxylic acids is 2. The Labute approximate surface area is 171 Å². The van der Waals surface area contributed by atoms with Crippen molar-refractivity contribution in [2.45, 2.75) is 38.3 Å². The van der Waals surface area contributed by atoms with Crippen LogP contribution in [-0.4, -0.2) is 38.7 Å². The number of carboxylic acids is 2. The lowest BCUT2D eigenvalue weighted by Crippen LogP contribution is -2.51. The number of carbonyl (C=O) groups is 2. The van der Waals surface area contributed by atoms with Crippen LogP contribution in [0.25, 0.3) is 11.5 Å². The van der Waals surface area contributed by atoms with E-state index in [4.69, 9.17) is 27.6 Å². The first-order valence-electron chi connectivity index (χ1n) is 8.77. The number of hydrogen-bond acceptors (Lipinski definition) is 5. The lowest BCUT2D eigenvalue weighted by atomic mass is 10.0. The zero-order valence-corrected chi connectivity index (χ0v) is 16.8. The van der Waals surface area contributed by atoms with Crippen LogP contribution < -0.4 is 5.32 Å². The van der Waals surface area contributed by atoms with E-state index in [0.29, 0.717) is 27.7 Å². The van der Waals surface area contributed by atoms with Gasteiger partial charge < -0.3 is 14.6 Å². The second-order valence-corrected chi connectivity index (χ2v) is 8.25. The highest BCUT2D eigenvalue weighted by Crippen LogP contribution is 2.49. The summed E-state index contributed by atoms with van der Waals surface area (Å²) in [7, 11) is 0. The van der Waals surface area contributed by atoms with Crippen LogP contribution >= 0.6 is 23.2 Å². The smallest absolute Gasteiger partial charge is 0.324 e. The number of nitrogens with zero attached hydrogens (tertiary/aromatic N) is 1. The quantitative estimate of drug-likeness (QED) is 0.588. The second kappa shape index (κ2) is 7.73. The van der Waals surface area contributed by atoms with Crippen LogP contribution in [0.2, 0.25) is 10.0 Å². The molecule has 3 atom stereocenters. The molecule has 1 heterocycles. The molecule has 0 radical (unpaired) electrons. The van der Waals surface area contributed by atoms with Crippen molar-refractivity contribution in [3.05, 3.63) is 40.2 Å². The Morgan fingerprint density at radius 3 is 2.43 bits per heavy atom. The number of hydrogen-bond donors (Lipinski definition) is 3. The van der Waals surface area contributed by atoms with E-state index < -0.39 is 23.5 Å². The average molecular weight is 427 g/mol. The Morgan fingerprint density at radius 2 is 1.93 bits per heavy atom. The molecule has 150 valence electrons. The molecule has 0 aliphatic heterocycles. The first-order chi connectivity index (χ1) is 13.1. The first kappa shape index (κ1) is 20.6. The SMILES string of the molecule is CC(C)[C@@H]1CC1(N[C@@H](Cc1coc(-c2cc(Cl)cc(Cl)c2)n1)C(=O)O)C(=O)O. The van der Waals surface area contributed by atoms with Crippen molar-refractivity contribution in [2.75, 3.05) is 0 Å². The molecule has 1 aromatic carbocycles. The molecule has 0 spiro atoms. The summed E-state index contributed by atoms with van der Waals surface area (Å²) in [6.45, 7) is 3.85. The summed E-state index contributed by atoms with van der Waals surface area (Å²) < 4.78 is 5.43. The molecule has 7 nitrogen and oxygen atoms in total. The average Bonchev–Trinajstić information content (AvgIpc) is 3.15. The van der Waals surface area contributed by atoms with Gasteiger partial charge in [0.1, 0.15) is 17.8 Å². The van der Waals surface area contributed by atoms with Gasteiger partial charge in [0.25, 0.3) is 0 Å². The van der Waals surface area contributed by atoms with Crippen LogP contribution in [0.3, 0.4) is 0 Å². The maximum atomic E-state index is 11.7. The molecule has 28 heavy (non-hydrogen) atoms. The molecule has 0 bridgehead atoms. The van der Waals surface area contributed by atoms with Crippen molar-refractivity contribution in [2.24, 2.45) is 11.8 Å². The Bertz CT molecular complexity index is 893. The lowest BCUT2D eigenvalue weighted by Gasteiger charge is -2.21. The van der Waals surface area contributed by atoms with Gasteiger partial charge in [-0.15, -0.1) is 0 Å². The van der Waals surface area contributed by atoms with Gasteiger partial charge in [0, 0.05) is 22.0 Å². The fraction of sp³-hybridized carbons (Fsp3) is 0.421. The molecule has 3 N–H and O–H groups in total. The Balaban J connectivity index is 1.78. The van der Waals surface area contributed by atoms with Gasteiger partial charge in [0.05, 0.1) is 5.69 Å². The largest absolute Gasteiger partial charge is 0.480 e. The fourth-order valence-corrected chi connectivity index (χ4v) is 4.02. The van der Waals surface area contributed by atoms with Gasteiger partial charge in [-0.05, 0) is 36.5 Å².